The van der Waals surface area contributed by atoms with Crippen LogP contribution in [0.1, 0.15) is 23.6 Å². The number of hydrogen-bond acceptors (Lipinski definition) is 8. The molecule has 4 rings (SSSR count). The number of fused-ring (bicyclic) bond motifs is 1. The van der Waals surface area contributed by atoms with Crippen molar-refractivity contribution in [2.75, 3.05) is 6.61 Å². The molecule has 0 aliphatic carbocycles. The van der Waals surface area contributed by atoms with Crippen LogP contribution in [0.4, 0.5) is 0 Å². The number of hydrogen-bond donors (Lipinski definition) is 5. The van der Waals surface area contributed by atoms with Crippen LogP contribution in [-0.4, -0.2) is 72.1 Å². The minimum Gasteiger partial charge on any atom is -0.452 e. The quantitative estimate of drug-likeness (QED) is 0.346. The van der Waals surface area contributed by atoms with Gasteiger partial charge in [0.25, 0.3) is 5.79 Å². The summed E-state index contributed by atoms with van der Waals surface area (Å²) in [6.07, 6.45) is -4.28. The molecule has 1 fully saturated rings. The highest BCUT2D eigenvalue weighted by Crippen LogP contribution is 2.35. The van der Waals surface area contributed by atoms with Gasteiger partial charge in [-0.3, -0.25) is 0 Å². The molecule has 0 bridgehead atoms. The first-order valence-electron chi connectivity index (χ1n) is 10.5. The second-order valence-electron chi connectivity index (χ2n) is 8.17. The van der Waals surface area contributed by atoms with Crippen molar-refractivity contribution in [3.05, 3.63) is 59.4 Å². The number of benzene rings is 2. The molecule has 1 aromatic heterocycles. The van der Waals surface area contributed by atoms with Crippen LogP contribution in [0.25, 0.3) is 11.0 Å². The molecule has 0 radical (unpaired) electrons. The lowest BCUT2D eigenvalue weighted by molar-refractivity contribution is -0.385. The van der Waals surface area contributed by atoms with Gasteiger partial charge in [0.1, 0.15) is 23.5 Å². The molecule has 2 heterocycles. The van der Waals surface area contributed by atoms with Crippen LogP contribution in [0.15, 0.2) is 42.7 Å². The summed E-state index contributed by atoms with van der Waals surface area (Å²) in [4.78, 5) is 4.43. The van der Waals surface area contributed by atoms with E-state index in [2.05, 4.69) is 24.0 Å². The molecule has 1 aliphatic rings. The molecule has 0 amide bonds. The van der Waals surface area contributed by atoms with Crippen LogP contribution >= 0.6 is 0 Å². The Labute approximate surface area is 185 Å². The first-order chi connectivity index (χ1) is 15.3. The molecule has 5 atom stereocenters. The van der Waals surface area contributed by atoms with Crippen LogP contribution in [0.5, 0.6) is 5.75 Å². The largest absolute Gasteiger partial charge is 0.452 e. The molecule has 3 aromatic rings. The van der Waals surface area contributed by atoms with Crippen molar-refractivity contribution < 1.29 is 35.0 Å². The van der Waals surface area contributed by atoms with Crippen molar-refractivity contribution in [2.45, 2.75) is 57.2 Å². The molecule has 0 unspecified atom stereocenters. The number of aliphatic hydroxyl groups excluding tert-OH is 4. The Hall–Kier alpha value is -2.53. The summed E-state index contributed by atoms with van der Waals surface area (Å²) >= 11 is 0. The first kappa shape index (κ1) is 22.7. The van der Waals surface area contributed by atoms with Gasteiger partial charge in [-0.15, -0.1) is 0 Å². The molecular formula is C23H28N2O7. The SMILES string of the molecule is CCc1ccc(Cn2cnc3cc(C)cc(O[C@]4(O)[C@@H](O)O[C@H](CO)[C@@H](O)[C@@H]4O)c32)cc1. The van der Waals surface area contributed by atoms with E-state index in [4.69, 9.17) is 9.47 Å². The van der Waals surface area contributed by atoms with E-state index in [-0.39, 0.29) is 5.75 Å². The molecule has 5 N–H and O–H groups in total. The molecule has 1 saturated heterocycles. The molecule has 172 valence electrons. The summed E-state index contributed by atoms with van der Waals surface area (Å²) < 4.78 is 12.6. The number of imidazole rings is 1. The van der Waals surface area contributed by atoms with E-state index in [1.54, 1.807) is 12.4 Å². The third-order valence-corrected chi connectivity index (χ3v) is 5.85. The third kappa shape index (κ3) is 3.99. The Balaban J connectivity index is 1.71. The van der Waals surface area contributed by atoms with Gasteiger partial charge in [0, 0.05) is 6.54 Å². The van der Waals surface area contributed by atoms with Gasteiger partial charge in [0.2, 0.25) is 6.29 Å². The summed E-state index contributed by atoms with van der Waals surface area (Å²) in [5.41, 5.74) is 4.19. The summed E-state index contributed by atoms with van der Waals surface area (Å²) in [6, 6.07) is 11.7. The van der Waals surface area contributed by atoms with Crippen LogP contribution in [0.3, 0.4) is 0 Å². The van der Waals surface area contributed by atoms with E-state index in [9.17, 15) is 25.5 Å². The Morgan fingerprint density at radius 1 is 1.12 bits per heavy atom. The van der Waals surface area contributed by atoms with Crippen molar-refractivity contribution >= 4 is 11.0 Å². The highest BCUT2D eigenvalue weighted by atomic mass is 16.7. The van der Waals surface area contributed by atoms with Gasteiger partial charge in [0.05, 0.1) is 18.5 Å². The lowest BCUT2D eigenvalue weighted by atomic mass is 9.96. The van der Waals surface area contributed by atoms with Gasteiger partial charge < -0.3 is 39.6 Å². The van der Waals surface area contributed by atoms with E-state index < -0.39 is 37.0 Å². The fraction of sp³-hybridized carbons (Fsp3) is 0.435. The smallest absolute Gasteiger partial charge is 0.288 e. The maximum absolute atomic E-state index is 11.0. The molecule has 0 saturated carbocycles. The monoisotopic (exact) mass is 444 g/mol. The van der Waals surface area contributed by atoms with Gasteiger partial charge in [0.15, 0.2) is 6.10 Å². The minimum atomic E-state index is -2.66. The molecular weight excluding hydrogens is 416 g/mol. The maximum atomic E-state index is 11.0. The van der Waals surface area contributed by atoms with E-state index >= 15 is 0 Å². The normalized spacial score (nSPS) is 28.2. The standard InChI is InChI=1S/C23H28N2O7/c1-3-14-4-6-15(7-5-14)10-25-12-24-16-8-13(2)9-17(19(16)25)32-23(30)21(28)20(27)18(11-26)31-22(23)29/h4-9,12,18,20-22,26-30H,3,10-11H2,1-2H3/t18-,20-,21+,22+,23+/m1/s1. The predicted octanol–water partition coefficient (Wildman–Crippen LogP) is 0.454. The van der Waals surface area contributed by atoms with E-state index in [1.165, 1.54) is 5.56 Å². The minimum absolute atomic E-state index is 0.154. The number of nitrogens with zero attached hydrogens (tertiary/aromatic N) is 2. The molecule has 0 spiro atoms. The van der Waals surface area contributed by atoms with Gasteiger partial charge in [-0.25, -0.2) is 4.98 Å². The lowest BCUT2D eigenvalue weighted by Gasteiger charge is -2.45. The zero-order chi connectivity index (χ0) is 23.0. The van der Waals surface area contributed by atoms with Crippen molar-refractivity contribution in [2.24, 2.45) is 0 Å². The third-order valence-electron chi connectivity index (χ3n) is 5.85. The number of rotatable bonds is 6. The average Bonchev–Trinajstić information content (AvgIpc) is 3.18. The van der Waals surface area contributed by atoms with Crippen LogP contribution in [0, 0.1) is 6.92 Å². The zero-order valence-electron chi connectivity index (χ0n) is 17.9. The maximum Gasteiger partial charge on any atom is 0.288 e. The zero-order valence-corrected chi connectivity index (χ0v) is 17.9. The summed E-state index contributed by atoms with van der Waals surface area (Å²) in [6.45, 7) is 3.74. The van der Waals surface area contributed by atoms with Crippen LogP contribution in [0.2, 0.25) is 0 Å². The molecule has 2 aromatic carbocycles. The topological polar surface area (TPSA) is 137 Å². The van der Waals surface area contributed by atoms with Gasteiger partial charge in [-0.1, -0.05) is 31.2 Å². The van der Waals surface area contributed by atoms with E-state index in [0.717, 1.165) is 17.5 Å². The fourth-order valence-corrected chi connectivity index (χ4v) is 3.95. The number of aliphatic hydroxyl groups is 5. The van der Waals surface area contributed by atoms with Crippen molar-refractivity contribution in [3.8, 4) is 5.75 Å². The van der Waals surface area contributed by atoms with Crippen LogP contribution in [-0.2, 0) is 17.7 Å². The summed E-state index contributed by atoms with van der Waals surface area (Å²) in [5.74, 6) is -2.51. The van der Waals surface area contributed by atoms with Gasteiger partial charge in [-0.05, 0) is 42.2 Å². The van der Waals surface area contributed by atoms with Crippen molar-refractivity contribution in [1.29, 1.82) is 0 Å². The summed E-state index contributed by atoms with van der Waals surface area (Å²) in [7, 11) is 0. The molecule has 1 aliphatic heterocycles. The van der Waals surface area contributed by atoms with Crippen molar-refractivity contribution in [3.63, 3.8) is 0 Å². The number of ether oxygens (including phenoxy) is 2. The average molecular weight is 444 g/mol. The molecule has 32 heavy (non-hydrogen) atoms. The Morgan fingerprint density at radius 3 is 2.47 bits per heavy atom. The number of aromatic nitrogens is 2. The van der Waals surface area contributed by atoms with E-state index in [0.29, 0.717) is 17.6 Å². The Bertz CT molecular complexity index is 1080. The molecule has 9 heteroatoms. The lowest BCUT2D eigenvalue weighted by Crippen LogP contribution is -2.69. The Kier molecular flexibility index (Phi) is 6.22. The predicted molar refractivity (Wildman–Crippen MR) is 115 cm³/mol. The highest BCUT2D eigenvalue weighted by molar-refractivity contribution is 5.83. The van der Waals surface area contributed by atoms with Gasteiger partial charge >= 0.3 is 0 Å². The Morgan fingerprint density at radius 2 is 1.81 bits per heavy atom. The van der Waals surface area contributed by atoms with Crippen molar-refractivity contribution in [1.82, 2.24) is 9.55 Å². The second-order valence-corrected chi connectivity index (χ2v) is 8.17. The summed E-state index contributed by atoms with van der Waals surface area (Å²) in [5, 5.41) is 51.2. The first-order valence-corrected chi connectivity index (χ1v) is 10.5. The fourth-order valence-electron chi connectivity index (χ4n) is 3.95. The second kappa shape index (κ2) is 8.78. The molecule has 9 nitrogen and oxygen atoms in total. The van der Waals surface area contributed by atoms with E-state index in [1.807, 2.05) is 29.7 Å². The highest BCUT2D eigenvalue weighted by Gasteiger charge is 2.57. The van der Waals surface area contributed by atoms with Gasteiger partial charge in [-0.2, -0.15) is 0 Å². The van der Waals surface area contributed by atoms with Crippen LogP contribution < -0.4 is 4.74 Å². The number of aryl methyl sites for hydroxylation is 2.